The van der Waals surface area contributed by atoms with E-state index < -0.39 is 23.4 Å². The summed E-state index contributed by atoms with van der Waals surface area (Å²) in [5.41, 5.74) is 3.03. The van der Waals surface area contributed by atoms with Gasteiger partial charge in [-0.25, -0.2) is 10.5 Å². The first-order valence-electron chi connectivity index (χ1n) is 10.5. The van der Waals surface area contributed by atoms with Crippen molar-refractivity contribution in [2.75, 3.05) is 7.11 Å². The van der Waals surface area contributed by atoms with Crippen LogP contribution in [0.5, 0.6) is 11.5 Å². The van der Waals surface area contributed by atoms with Gasteiger partial charge in [0.15, 0.2) is 17.5 Å². The Labute approximate surface area is 199 Å². The molecule has 1 heterocycles. The first-order valence-corrected chi connectivity index (χ1v) is 10.5. The minimum absolute atomic E-state index is 0.0339. The van der Waals surface area contributed by atoms with Crippen LogP contribution in [0.3, 0.4) is 0 Å². The van der Waals surface area contributed by atoms with E-state index in [2.05, 4.69) is 26.0 Å². The van der Waals surface area contributed by atoms with E-state index in [9.17, 15) is 19.5 Å². The molecule has 0 spiro atoms. The summed E-state index contributed by atoms with van der Waals surface area (Å²) in [5, 5.41) is 23.5. The molecule has 35 heavy (non-hydrogen) atoms. The molecule has 4 N–H and O–H groups in total. The Morgan fingerprint density at radius 1 is 1.06 bits per heavy atom. The number of hydrogen-bond donors (Lipinski definition) is 4. The van der Waals surface area contributed by atoms with Crippen LogP contribution in [0.2, 0.25) is 0 Å². The number of nitrogens with one attached hydrogen (secondary N) is 3. The van der Waals surface area contributed by atoms with Crippen LogP contribution in [0.25, 0.3) is 10.8 Å². The molecule has 10 heteroatoms. The standard InChI is InChI=1S/C25H21N5O5/c1-35-20-13-15(11-12-19(20)31)14-26-29-25(34)22(27-23(32)16-7-3-2-4-8-16)21-17-9-5-6-10-18(17)24(33)30-28-21/h2-14,22,31H,1H3,(H,27,32)(H,29,34)(H,30,33). The fourth-order valence-electron chi connectivity index (χ4n) is 3.43. The van der Waals surface area contributed by atoms with Gasteiger partial charge >= 0.3 is 0 Å². The van der Waals surface area contributed by atoms with Crippen molar-refractivity contribution >= 4 is 28.8 Å². The molecule has 0 fully saturated rings. The Bertz CT molecular complexity index is 1470. The van der Waals surface area contributed by atoms with Crippen LogP contribution in [-0.2, 0) is 4.79 Å². The normalized spacial score (nSPS) is 11.8. The Balaban J connectivity index is 1.65. The zero-order valence-corrected chi connectivity index (χ0v) is 18.6. The van der Waals surface area contributed by atoms with Crippen LogP contribution < -0.4 is 21.0 Å². The smallest absolute Gasteiger partial charge is 0.272 e. The van der Waals surface area contributed by atoms with Crippen molar-refractivity contribution in [3.05, 3.63) is 100.0 Å². The quantitative estimate of drug-likeness (QED) is 0.240. The number of ether oxygens (including phenoxy) is 1. The molecule has 4 rings (SSSR count). The van der Waals surface area contributed by atoms with Gasteiger partial charge in [-0.1, -0.05) is 36.4 Å². The molecule has 1 aromatic heterocycles. The second-order valence-electron chi connectivity index (χ2n) is 7.42. The molecule has 4 aromatic rings. The van der Waals surface area contributed by atoms with Crippen LogP contribution in [0.4, 0.5) is 0 Å². The van der Waals surface area contributed by atoms with Crippen molar-refractivity contribution < 1.29 is 19.4 Å². The van der Waals surface area contributed by atoms with Crippen LogP contribution in [0.1, 0.15) is 27.7 Å². The average Bonchev–Trinajstić information content (AvgIpc) is 2.89. The number of fused-ring (bicyclic) bond motifs is 1. The van der Waals surface area contributed by atoms with E-state index >= 15 is 0 Å². The highest BCUT2D eigenvalue weighted by molar-refractivity contribution is 5.99. The van der Waals surface area contributed by atoms with Gasteiger partial charge in [-0.15, -0.1) is 0 Å². The predicted octanol–water partition coefficient (Wildman–Crippen LogP) is 2.26. The number of H-pyrrole nitrogens is 1. The van der Waals surface area contributed by atoms with E-state index in [1.54, 1.807) is 60.7 Å². The topological polar surface area (TPSA) is 146 Å². The molecule has 0 aliphatic heterocycles. The molecular formula is C25H21N5O5. The first-order chi connectivity index (χ1) is 17.0. The fraction of sp³-hybridized carbons (Fsp3) is 0.0800. The Kier molecular flexibility index (Phi) is 6.82. The number of methoxy groups -OCH3 is 1. The predicted molar refractivity (Wildman–Crippen MR) is 129 cm³/mol. The minimum Gasteiger partial charge on any atom is -0.504 e. The van der Waals surface area contributed by atoms with Crippen LogP contribution in [0, 0.1) is 0 Å². The number of hydrogen-bond acceptors (Lipinski definition) is 7. The monoisotopic (exact) mass is 471 g/mol. The molecular weight excluding hydrogens is 450 g/mol. The maximum Gasteiger partial charge on any atom is 0.272 e. The molecule has 176 valence electrons. The second-order valence-corrected chi connectivity index (χ2v) is 7.42. The number of rotatable bonds is 7. The van der Waals surface area contributed by atoms with Gasteiger partial charge in [-0.2, -0.15) is 10.2 Å². The molecule has 0 bridgehead atoms. The van der Waals surface area contributed by atoms with Crippen molar-refractivity contribution in [3.8, 4) is 11.5 Å². The Morgan fingerprint density at radius 3 is 2.51 bits per heavy atom. The minimum atomic E-state index is -1.27. The molecule has 0 aliphatic rings. The Hall–Kier alpha value is -4.99. The summed E-state index contributed by atoms with van der Waals surface area (Å²) in [6.45, 7) is 0. The lowest BCUT2D eigenvalue weighted by Gasteiger charge is -2.18. The van der Waals surface area contributed by atoms with Crippen LogP contribution in [0.15, 0.2) is 82.7 Å². The summed E-state index contributed by atoms with van der Waals surface area (Å²) in [7, 11) is 1.42. The van der Waals surface area contributed by atoms with Gasteiger partial charge in [0.2, 0.25) is 0 Å². The third-order valence-corrected chi connectivity index (χ3v) is 5.16. The molecule has 3 aromatic carbocycles. The van der Waals surface area contributed by atoms with E-state index in [-0.39, 0.29) is 17.2 Å². The Morgan fingerprint density at radius 2 is 1.77 bits per heavy atom. The molecule has 2 amide bonds. The largest absolute Gasteiger partial charge is 0.504 e. The number of aromatic nitrogens is 2. The molecule has 1 atom stereocenters. The lowest BCUT2D eigenvalue weighted by molar-refractivity contribution is -0.123. The van der Waals surface area contributed by atoms with E-state index in [0.29, 0.717) is 21.9 Å². The van der Waals surface area contributed by atoms with Gasteiger partial charge < -0.3 is 15.2 Å². The molecule has 0 aliphatic carbocycles. The highest BCUT2D eigenvalue weighted by Crippen LogP contribution is 2.25. The lowest BCUT2D eigenvalue weighted by Crippen LogP contribution is -2.40. The molecule has 0 saturated carbocycles. The summed E-state index contributed by atoms with van der Waals surface area (Å²) in [6.07, 6.45) is 1.36. The maximum atomic E-state index is 13.2. The summed E-state index contributed by atoms with van der Waals surface area (Å²) in [4.78, 5) is 38.3. The highest BCUT2D eigenvalue weighted by Gasteiger charge is 2.27. The second kappa shape index (κ2) is 10.3. The van der Waals surface area contributed by atoms with E-state index in [0.717, 1.165) is 0 Å². The van der Waals surface area contributed by atoms with E-state index in [1.165, 1.54) is 25.5 Å². The SMILES string of the molecule is COc1cc(C=NNC(=O)C(NC(=O)c2ccccc2)c2n[nH]c(=O)c3ccccc23)ccc1O. The van der Waals surface area contributed by atoms with Crippen molar-refractivity contribution in [1.29, 1.82) is 0 Å². The first kappa shape index (κ1) is 23.2. The molecule has 0 saturated heterocycles. The van der Waals surface area contributed by atoms with Crippen molar-refractivity contribution in [2.45, 2.75) is 6.04 Å². The number of benzene rings is 3. The number of amides is 2. The van der Waals surface area contributed by atoms with Gasteiger partial charge in [0.1, 0.15) is 5.69 Å². The summed E-state index contributed by atoms with van der Waals surface area (Å²) >= 11 is 0. The highest BCUT2D eigenvalue weighted by atomic mass is 16.5. The number of carbonyl (C=O) groups is 2. The van der Waals surface area contributed by atoms with Crippen LogP contribution >= 0.6 is 0 Å². The fourth-order valence-corrected chi connectivity index (χ4v) is 3.43. The van der Waals surface area contributed by atoms with Gasteiger partial charge in [-0.3, -0.25) is 14.4 Å². The molecule has 10 nitrogen and oxygen atoms in total. The van der Waals surface area contributed by atoms with Gasteiger partial charge in [0.25, 0.3) is 17.4 Å². The van der Waals surface area contributed by atoms with E-state index in [1.807, 2.05) is 0 Å². The summed E-state index contributed by atoms with van der Waals surface area (Å²) in [5.74, 6) is -0.971. The number of phenols is 1. The number of aromatic amines is 1. The van der Waals surface area contributed by atoms with Gasteiger partial charge in [0.05, 0.1) is 18.7 Å². The number of aromatic hydroxyl groups is 1. The number of carbonyl (C=O) groups excluding carboxylic acids is 2. The lowest BCUT2D eigenvalue weighted by atomic mass is 10.0. The number of nitrogens with zero attached hydrogens (tertiary/aromatic N) is 2. The zero-order chi connectivity index (χ0) is 24.8. The third-order valence-electron chi connectivity index (χ3n) is 5.16. The average molecular weight is 471 g/mol. The molecule has 0 radical (unpaired) electrons. The summed E-state index contributed by atoms with van der Waals surface area (Å²) < 4.78 is 5.06. The zero-order valence-electron chi connectivity index (χ0n) is 18.6. The van der Waals surface area contributed by atoms with Gasteiger partial charge in [0, 0.05) is 10.9 Å². The maximum absolute atomic E-state index is 13.2. The molecule has 1 unspecified atom stereocenters. The number of phenolic OH excluding ortho intramolecular Hbond substituents is 1. The van der Waals surface area contributed by atoms with Crippen molar-refractivity contribution in [1.82, 2.24) is 20.9 Å². The van der Waals surface area contributed by atoms with Gasteiger partial charge in [-0.05, 0) is 42.0 Å². The van der Waals surface area contributed by atoms with Crippen LogP contribution in [-0.4, -0.2) is 40.4 Å². The van der Waals surface area contributed by atoms with Crippen molar-refractivity contribution in [3.63, 3.8) is 0 Å². The van der Waals surface area contributed by atoms with Crippen molar-refractivity contribution in [2.24, 2.45) is 5.10 Å². The van der Waals surface area contributed by atoms with E-state index in [4.69, 9.17) is 4.74 Å². The number of hydrazone groups is 1. The summed E-state index contributed by atoms with van der Waals surface area (Å²) in [6, 6.07) is 18.3. The third kappa shape index (κ3) is 5.17.